The molecule has 6 nitrogen and oxygen atoms in total. The van der Waals surface area contributed by atoms with Gasteiger partial charge in [-0.2, -0.15) is 13.2 Å². The number of carbonyl (C=O) groups excluding carboxylic acids is 1. The van der Waals surface area contributed by atoms with Crippen LogP contribution in [0.1, 0.15) is 37.7 Å². The van der Waals surface area contributed by atoms with Crippen molar-refractivity contribution in [3.8, 4) is 0 Å². The first kappa shape index (κ1) is 20.5. The van der Waals surface area contributed by atoms with E-state index in [4.69, 9.17) is 5.14 Å². The minimum atomic E-state index is -4.72. The lowest BCUT2D eigenvalue weighted by atomic mass is 10.1. The van der Waals surface area contributed by atoms with Crippen LogP contribution in [0.5, 0.6) is 0 Å². The fourth-order valence-electron chi connectivity index (χ4n) is 2.86. The number of halogens is 3. The van der Waals surface area contributed by atoms with Crippen LogP contribution >= 0.6 is 0 Å². The number of sulfonamides is 1. The molecule has 26 heavy (non-hydrogen) atoms. The molecule has 3 N–H and O–H groups in total. The van der Waals surface area contributed by atoms with Crippen molar-refractivity contribution in [1.29, 1.82) is 0 Å². The molecular formula is C16H22F3N3O3S. The van der Waals surface area contributed by atoms with Crippen LogP contribution in [-0.4, -0.2) is 38.9 Å². The molecule has 0 spiro atoms. The highest BCUT2D eigenvalue weighted by molar-refractivity contribution is 7.89. The zero-order valence-corrected chi connectivity index (χ0v) is 15.0. The molecule has 0 aliphatic carbocycles. The van der Waals surface area contributed by atoms with Gasteiger partial charge < -0.3 is 10.2 Å². The lowest BCUT2D eigenvalue weighted by molar-refractivity contribution is -0.137. The van der Waals surface area contributed by atoms with Crippen molar-refractivity contribution in [3.63, 3.8) is 0 Å². The fourth-order valence-corrected chi connectivity index (χ4v) is 3.40. The Labute approximate surface area is 150 Å². The summed E-state index contributed by atoms with van der Waals surface area (Å²) in [5.74, 6) is 0.0796. The Balaban J connectivity index is 2.01. The van der Waals surface area contributed by atoms with Crippen molar-refractivity contribution < 1.29 is 26.4 Å². The van der Waals surface area contributed by atoms with Crippen LogP contribution in [0.25, 0.3) is 0 Å². The highest BCUT2D eigenvalue weighted by Crippen LogP contribution is 2.36. The molecule has 1 heterocycles. The van der Waals surface area contributed by atoms with E-state index in [1.165, 1.54) is 0 Å². The van der Waals surface area contributed by atoms with Gasteiger partial charge in [-0.15, -0.1) is 0 Å². The number of likely N-dealkylation sites (tertiary alicyclic amines) is 1. The van der Waals surface area contributed by atoms with Crippen LogP contribution in [0.4, 0.5) is 18.9 Å². The third-order valence-electron chi connectivity index (χ3n) is 4.22. The van der Waals surface area contributed by atoms with E-state index in [1.807, 2.05) is 0 Å². The van der Waals surface area contributed by atoms with E-state index < -0.39 is 26.7 Å². The number of hydrogen-bond donors (Lipinski definition) is 2. The Bertz CT molecular complexity index is 751. The minimum absolute atomic E-state index is 0.0796. The third kappa shape index (κ3) is 5.60. The molecule has 1 aromatic carbocycles. The maximum Gasteiger partial charge on any atom is 0.418 e. The zero-order valence-electron chi connectivity index (χ0n) is 14.2. The van der Waals surface area contributed by atoms with Gasteiger partial charge in [0.15, 0.2) is 0 Å². The van der Waals surface area contributed by atoms with E-state index in [2.05, 4.69) is 5.32 Å². The van der Waals surface area contributed by atoms with E-state index in [-0.39, 0.29) is 18.1 Å². The van der Waals surface area contributed by atoms with Crippen molar-refractivity contribution in [2.45, 2.75) is 43.2 Å². The molecule has 0 aromatic heterocycles. The Morgan fingerprint density at radius 2 is 1.92 bits per heavy atom. The van der Waals surface area contributed by atoms with E-state index in [1.54, 1.807) is 4.90 Å². The molecular weight excluding hydrogens is 371 g/mol. The van der Waals surface area contributed by atoms with Crippen molar-refractivity contribution in [2.75, 3.05) is 25.0 Å². The predicted molar refractivity (Wildman–Crippen MR) is 91.0 cm³/mol. The number of primary sulfonamides is 1. The standard InChI is InChI=1S/C16H22F3N3O3S/c17-16(18,19)13-11-12(26(20,24)25)6-7-14(13)21-8-4-10-22-9-3-1-2-5-15(22)23/h6-7,11,21H,1-5,8-10H2,(H2,20,24,25). The second kappa shape index (κ2) is 8.26. The summed E-state index contributed by atoms with van der Waals surface area (Å²) in [5, 5.41) is 7.57. The van der Waals surface area contributed by atoms with Crippen molar-refractivity contribution in [2.24, 2.45) is 5.14 Å². The summed E-state index contributed by atoms with van der Waals surface area (Å²) in [5.41, 5.74) is -1.30. The first-order valence-corrected chi connectivity index (χ1v) is 9.89. The van der Waals surface area contributed by atoms with E-state index in [0.29, 0.717) is 32.0 Å². The molecule has 0 bridgehead atoms. The van der Waals surface area contributed by atoms with Crippen molar-refractivity contribution in [3.05, 3.63) is 23.8 Å². The molecule has 2 rings (SSSR count). The van der Waals surface area contributed by atoms with Gasteiger partial charge in [0.1, 0.15) is 0 Å². The highest BCUT2D eigenvalue weighted by Gasteiger charge is 2.34. The molecule has 1 amide bonds. The van der Waals surface area contributed by atoms with Gasteiger partial charge in [0.2, 0.25) is 15.9 Å². The maximum absolute atomic E-state index is 13.2. The van der Waals surface area contributed by atoms with Gasteiger partial charge in [0.05, 0.1) is 10.5 Å². The van der Waals surface area contributed by atoms with Gasteiger partial charge in [-0.25, -0.2) is 13.6 Å². The van der Waals surface area contributed by atoms with Crippen LogP contribution in [0.15, 0.2) is 23.1 Å². The molecule has 0 unspecified atom stereocenters. The quantitative estimate of drug-likeness (QED) is 0.727. The van der Waals surface area contributed by atoms with E-state index >= 15 is 0 Å². The van der Waals surface area contributed by atoms with Crippen LogP contribution in [0.3, 0.4) is 0 Å². The van der Waals surface area contributed by atoms with Gasteiger partial charge >= 0.3 is 6.18 Å². The Kier molecular flexibility index (Phi) is 6.51. The molecule has 0 radical (unpaired) electrons. The van der Waals surface area contributed by atoms with Crippen molar-refractivity contribution in [1.82, 2.24) is 4.90 Å². The van der Waals surface area contributed by atoms with Crippen molar-refractivity contribution >= 4 is 21.6 Å². The number of rotatable bonds is 6. The fraction of sp³-hybridized carbons (Fsp3) is 0.562. The number of alkyl halides is 3. The van der Waals surface area contributed by atoms with Gasteiger partial charge in [0, 0.05) is 31.7 Å². The first-order valence-electron chi connectivity index (χ1n) is 8.35. The average Bonchev–Trinajstić information content (AvgIpc) is 2.74. The van der Waals surface area contributed by atoms with Crippen LogP contribution in [-0.2, 0) is 21.0 Å². The molecule has 1 aromatic rings. The molecule has 146 valence electrons. The SMILES string of the molecule is NS(=O)(=O)c1ccc(NCCCN2CCCCCC2=O)c(C(F)(F)F)c1. The number of nitrogens with one attached hydrogen (secondary N) is 1. The largest absolute Gasteiger partial charge is 0.418 e. The Morgan fingerprint density at radius 3 is 2.58 bits per heavy atom. The normalized spacial score (nSPS) is 16.5. The molecule has 1 saturated heterocycles. The summed E-state index contributed by atoms with van der Waals surface area (Å²) in [6, 6.07) is 2.61. The number of carbonyl (C=O) groups is 1. The summed E-state index contributed by atoms with van der Waals surface area (Å²) < 4.78 is 62.1. The number of benzene rings is 1. The molecule has 10 heteroatoms. The average molecular weight is 393 g/mol. The Hall–Kier alpha value is -1.81. The minimum Gasteiger partial charge on any atom is -0.384 e. The van der Waals surface area contributed by atoms with Crippen LogP contribution in [0, 0.1) is 0 Å². The number of nitrogens with zero attached hydrogens (tertiary/aromatic N) is 1. The summed E-state index contributed by atoms with van der Waals surface area (Å²) in [4.78, 5) is 13.0. The summed E-state index contributed by atoms with van der Waals surface area (Å²) in [7, 11) is -4.22. The van der Waals surface area contributed by atoms with Gasteiger partial charge in [-0.3, -0.25) is 4.79 Å². The summed E-state index contributed by atoms with van der Waals surface area (Å²) in [6.07, 6.45) is -0.901. The van der Waals surface area contributed by atoms with E-state index in [0.717, 1.165) is 31.4 Å². The summed E-state index contributed by atoms with van der Waals surface area (Å²) >= 11 is 0. The lowest BCUT2D eigenvalue weighted by Crippen LogP contribution is -2.32. The smallest absolute Gasteiger partial charge is 0.384 e. The molecule has 1 fully saturated rings. The first-order chi connectivity index (χ1) is 12.1. The van der Waals surface area contributed by atoms with E-state index in [9.17, 15) is 26.4 Å². The topological polar surface area (TPSA) is 92.5 Å². The second-order valence-corrected chi connectivity index (χ2v) is 7.78. The van der Waals surface area contributed by atoms with Crippen LogP contribution < -0.4 is 10.5 Å². The highest BCUT2D eigenvalue weighted by atomic mass is 32.2. The number of amides is 1. The lowest BCUT2D eigenvalue weighted by Gasteiger charge is -2.21. The third-order valence-corrected chi connectivity index (χ3v) is 5.13. The van der Waals surface area contributed by atoms with Crippen LogP contribution in [0.2, 0.25) is 0 Å². The maximum atomic E-state index is 13.2. The molecule has 1 aliphatic heterocycles. The number of hydrogen-bond acceptors (Lipinski definition) is 4. The Morgan fingerprint density at radius 1 is 1.19 bits per heavy atom. The summed E-state index contributed by atoms with van der Waals surface area (Å²) in [6.45, 7) is 1.37. The zero-order chi connectivity index (χ0) is 19.4. The van der Waals surface area contributed by atoms with Gasteiger partial charge in [0.25, 0.3) is 0 Å². The molecule has 1 aliphatic rings. The number of anilines is 1. The van der Waals surface area contributed by atoms with Gasteiger partial charge in [-0.1, -0.05) is 6.42 Å². The monoisotopic (exact) mass is 393 g/mol. The van der Waals surface area contributed by atoms with Gasteiger partial charge in [-0.05, 0) is 37.5 Å². The second-order valence-electron chi connectivity index (χ2n) is 6.22. The predicted octanol–water partition coefficient (Wildman–Crippen LogP) is 2.56. The molecule has 0 saturated carbocycles. The molecule has 0 atom stereocenters. The number of nitrogens with two attached hydrogens (primary N) is 1.